The molecule has 0 bridgehead atoms. The molecule has 0 aliphatic heterocycles. The molecule has 0 saturated carbocycles. The second kappa shape index (κ2) is 9.17. The highest BCUT2D eigenvalue weighted by molar-refractivity contribution is 7.99. The minimum atomic E-state index is -0.131. The molecule has 0 spiro atoms. The van der Waals surface area contributed by atoms with Crippen LogP contribution in [0.1, 0.15) is 5.82 Å². The van der Waals surface area contributed by atoms with Gasteiger partial charge in [-0.05, 0) is 35.9 Å². The molecule has 1 aromatic carbocycles. The Morgan fingerprint density at radius 2 is 2.14 bits per heavy atom. The fourth-order valence-electron chi connectivity index (χ4n) is 2.81. The van der Waals surface area contributed by atoms with Crippen LogP contribution in [0.4, 0.5) is 5.69 Å². The summed E-state index contributed by atoms with van der Waals surface area (Å²) in [5.41, 5.74) is 1.59. The van der Waals surface area contributed by atoms with Gasteiger partial charge in [-0.2, -0.15) is 0 Å². The highest BCUT2D eigenvalue weighted by Gasteiger charge is 2.14. The molecule has 0 unspecified atom stereocenters. The van der Waals surface area contributed by atoms with Gasteiger partial charge in [0.15, 0.2) is 0 Å². The Labute approximate surface area is 184 Å². The topological polar surface area (TPSA) is 74.8 Å². The van der Waals surface area contributed by atoms with Crippen molar-refractivity contribution in [1.29, 1.82) is 0 Å². The summed E-state index contributed by atoms with van der Waals surface area (Å²) in [7, 11) is 0. The summed E-state index contributed by atoms with van der Waals surface area (Å²) in [4.78, 5) is 35.1. The molecular weight excluding hydrogens is 443 g/mol. The average Bonchev–Trinajstić information content (AvgIpc) is 3.37. The normalized spacial score (nSPS) is 11.1. The second-order valence-electron chi connectivity index (χ2n) is 6.09. The highest BCUT2D eigenvalue weighted by atomic mass is 32.2. The van der Waals surface area contributed by atoms with Crippen LogP contribution in [0.5, 0.6) is 0 Å². The van der Waals surface area contributed by atoms with E-state index in [0.717, 1.165) is 25.9 Å². The van der Waals surface area contributed by atoms with Crippen molar-refractivity contribution in [2.45, 2.75) is 10.6 Å². The Morgan fingerprint density at radius 1 is 1.24 bits per heavy atom. The van der Waals surface area contributed by atoms with Crippen LogP contribution in [-0.2, 0) is 10.5 Å². The number of nitrogens with zero attached hydrogens (tertiary/aromatic N) is 1. The molecule has 0 aliphatic rings. The van der Waals surface area contributed by atoms with Gasteiger partial charge in [-0.15, -0.1) is 46.2 Å². The van der Waals surface area contributed by atoms with Crippen molar-refractivity contribution >= 4 is 68.0 Å². The van der Waals surface area contributed by atoms with Gasteiger partial charge in [0.1, 0.15) is 10.7 Å². The van der Waals surface area contributed by atoms with Crippen LogP contribution in [0.25, 0.3) is 20.7 Å². The van der Waals surface area contributed by atoms with E-state index in [-0.39, 0.29) is 17.2 Å². The lowest BCUT2D eigenvalue weighted by molar-refractivity contribution is -0.113. The number of fused-ring (bicyclic) bond motifs is 1. The number of amides is 1. The van der Waals surface area contributed by atoms with E-state index in [1.807, 2.05) is 53.4 Å². The average molecular weight is 460 g/mol. The summed E-state index contributed by atoms with van der Waals surface area (Å²) in [5.74, 6) is 1.27. The summed E-state index contributed by atoms with van der Waals surface area (Å²) in [5, 5.41) is 7.51. The number of thioether (sulfide) groups is 2. The van der Waals surface area contributed by atoms with E-state index in [2.05, 4.69) is 15.3 Å². The second-order valence-corrected chi connectivity index (χ2v) is 9.76. The number of carbonyl (C=O) groups is 1. The van der Waals surface area contributed by atoms with Crippen molar-refractivity contribution in [3.63, 3.8) is 0 Å². The number of carbonyl (C=O) groups excluding carboxylic acids is 1. The molecule has 0 atom stereocenters. The molecule has 0 fully saturated rings. The number of aromatic amines is 1. The molecule has 9 heteroatoms. The van der Waals surface area contributed by atoms with E-state index < -0.39 is 0 Å². The maximum absolute atomic E-state index is 12.6. The molecule has 2 N–H and O–H groups in total. The highest BCUT2D eigenvalue weighted by Crippen LogP contribution is 2.33. The summed E-state index contributed by atoms with van der Waals surface area (Å²) in [6, 6.07) is 11.7. The van der Waals surface area contributed by atoms with Crippen LogP contribution in [0, 0.1) is 0 Å². The summed E-state index contributed by atoms with van der Waals surface area (Å²) in [6.45, 7) is 0. The molecule has 0 radical (unpaired) electrons. The Morgan fingerprint density at radius 3 is 2.93 bits per heavy atom. The molecule has 3 aromatic heterocycles. The molecule has 1 amide bonds. The van der Waals surface area contributed by atoms with Crippen LogP contribution in [-0.4, -0.2) is 27.9 Å². The standard InChI is InChI=1S/C20H17N3O2S4/c1-26-13-5-2-4-12(8-13)21-17(24)11-27-10-16-22-19(25)18-14(9-29-20(18)23-16)15-6-3-7-28-15/h2-9H,10-11H2,1H3,(H,21,24)(H,22,23,25). The van der Waals surface area contributed by atoms with E-state index in [4.69, 9.17) is 0 Å². The Balaban J connectivity index is 1.40. The Kier molecular flexibility index (Phi) is 6.39. The SMILES string of the molecule is CSc1cccc(NC(=O)CSCc2nc3scc(-c4cccs4)c3c(=O)[nH]2)c1. The van der Waals surface area contributed by atoms with Crippen molar-refractivity contribution < 1.29 is 4.79 Å². The van der Waals surface area contributed by atoms with Crippen molar-refractivity contribution in [3.8, 4) is 10.4 Å². The predicted octanol–water partition coefficient (Wildman–Crippen LogP) is 5.31. The number of thiophene rings is 2. The number of nitrogens with one attached hydrogen (secondary N) is 2. The third-order valence-electron chi connectivity index (χ3n) is 4.11. The van der Waals surface area contributed by atoms with E-state index >= 15 is 0 Å². The minimum Gasteiger partial charge on any atom is -0.325 e. The van der Waals surface area contributed by atoms with Gasteiger partial charge in [-0.25, -0.2) is 4.98 Å². The largest absolute Gasteiger partial charge is 0.325 e. The Hall–Kier alpha value is -2.07. The van der Waals surface area contributed by atoms with Crippen molar-refractivity contribution in [2.75, 3.05) is 17.3 Å². The van der Waals surface area contributed by atoms with Crippen LogP contribution < -0.4 is 10.9 Å². The summed E-state index contributed by atoms with van der Waals surface area (Å²) >= 11 is 6.13. The predicted molar refractivity (Wildman–Crippen MR) is 127 cm³/mol. The van der Waals surface area contributed by atoms with E-state index in [9.17, 15) is 9.59 Å². The number of anilines is 1. The zero-order chi connectivity index (χ0) is 20.2. The maximum atomic E-state index is 12.6. The van der Waals surface area contributed by atoms with Crippen LogP contribution in [0.15, 0.2) is 56.8 Å². The number of H-pyrrole nitrogens is 1. The molecule has 148 valence electrons. The minimum absolute atomic E-state index is 0.0761. The molecule has 4 rings (SSSR count). The quantitative estimate of drug-likeness (QED) is 0.367. The van der Waals surface area contributed by atoms with Crippen molar-refractivity contribution in [2.24, 2.45) is 0 Å². The molecule has 0 saturated heterocycles. The third kappa shape index (κ3) is 4.75. The van der Waals surface area contributed by atoms with Gasteiger partial charge in [0.05, 0.1) is 16.9 Å². The molecule has 0 aliphatic carbocycles. The fourth-order valence-corrected chi connectivity index (χ4v) is 5.74. The van der Waals surface area contributed by atoms with Crippen LogP contribution >= 0.6 is 46.2 Å². The first kappa shape index (κ1) is 20.2. The maximum Gasteiger partial charge on any atom is 0.260 e. The lowest BCUT2D eigenvalue weighted by Gasteiger charge is -2.06. The van der Waals surface area contributed by atoms with Crippen LogP contribution in [0.2, 0.25) is 0 Å². The van der Waals surface area contributed by atoms with Gasteiger partial charge in [0.25, 0.3) is 5.56 Å². The van der Waals surface area contributed by atoms with Gasteiger partial charge >= 0.3 is 0 Å². The first-order valence-corrected chi connectivity index (χ1v) is 12.8. The summed E-state index contributed by atoms with van der Waals surface area (Å²) in [6.07, 6.45) is 2.00. The van der Waals surface area contributed by atoms with Crippen molar-refractivity contribution in [1.82, 2.24) is 9.97 Å². The third-order valence-corrected chi connectivity index (χ3v) is 7.55. The Bertz CT molecular complexity index is 1200. The van der Waals surface area contributed by atoms with Gasteiger partial charge in [-0.3, -0.25) is 9.59 Å². The molecular formula is C20H17N3O2S4. The molecule has 5 nitrogen and oxygen atoms in total. The van der Waals surface area contributed by atoms with E-state index in [1.165, 1.54) is 23.1 Å². The zero-order valence-electron chi connectivity index (χ0n) is 15.4. The van der Waals surface area contributed by atoms with Gasteiger partial charge in [0, 0.05) is 26.4 Å². The van der Waals surface area contributed by atoms with E-state index in [0.29, 0.717) is 17.0 Å². The first-order chi connectivity index (χ1) is 14.1. The molecule has 4 aromatic rings. The van der Waals surface area contributed by atoms with Crippen LogP contribution in [0.3, 0.4) is 0 Å². The van der Waals surface area contributed by atoms with Gasteiger partial charge in [0.2, 0.25) is 5.91 Å². The van der Waals surface area contributed by atoms with Gasteiger partial charge < -0.3 is 10.3 Å². The van der Waals surface area contributed by atoms with E-state index in [1.54, 1.807) is 23.1 Å². The number of hydrogen-bond donors (Lipinski definition) is 2. The first-order valence-electron chi connectivity index (χ1n) is 8.70. The fraction of sp³-hybridized carbons (Fsp3) is 0.150. The monoisotopic (exact) mass is 459 g/mol. The zero-order valence-corrected chi connectivity index (χ0v) is 18.7. The number of rotatable bonds is 7. The molecule has 29 heavy (non-hydrogen) atoms. The van der Waals surface area contributed by atoms with Crippen molar-refractivity contribution in [3.05, 3.63) is 63.3 Å². The number of hydrogen-bond acceptors (Lipinski definition) is 7. The lowest BCUT2D eigenvalue weighted by Crippen LogP contribution is -2.15. The summed E-state index contributed by atoms with van der Waals surface area (Å²) < 4.78 is 0. The molecule has 3 heterocycles. The van der Waals surface area contributed by atoms with Gasteiger partial charge in [-0.1, -0.05) is 12.1 Å². The number of aromatic nitrogens is 2. The smallest absolute Gasteiger partial charge is 0.260 e. The lowest BCUT2D eigenvalue weighted by atomic mass is 10.2. The number of benzene rings is 1.